The first kappa shape index (κ1) is 16.6. The van der Waals surface area contributed by atoms with Crippen molar-refractivity contribution in [2.45, 2.75) is 0 Å². The van der Waals surface area contributed by atoms with Crippen molar-refractivity contribution in [1.29, 1.82) is 0 Å². The van der Waals surface area contributed by atoms with Gasteiger partial charge in [-0.3, -0.25) is 4.79 Å². The second-order valence-electron chi connectivity index (χ2n) is 5.39. The van der Waals surface area contributed by atoms with E-state index in [2.05, 4.69) is 10.1 Å². The van der Waals surface area contributed by atoms with Gasteiger partial charge in [0.25, 0.3) is 5.91 Å². The number of benzene rings is 2. The number of aromatic nitrogens is 3. The molecule has 0 saturated heterocycles. The van der Waals surface area contributed by atoms with Crippen LogP contribution in [0, 0.1) is 5.82 Å². The Hall–Kier alpha value is -3.22. The van der Waals surface area contributed by atoms with E-state index in [1.54, 1.807) is 60.5 Å². The lowest BCUT2D eigenvalue weighted by atomic mass is 10.2. The second kappa shape index (κ2) is 7.57. The van der Waals surface area contributed by atoms with Crippen LogP contribution in [-0.4, -0.2) is 45.8 Å². The average Bonchev–Trinajstić information content (AvgIpc) is 3.17. The zero-order valence-electron chi connectivity index (χ0n) is 13.7. The van der Waals surface area contributed by atoms with Crippen LogP contribution >= 0.6 is 0 Å². The third-order valence-corrected chi connectivity index (χ3v) is 3.67. The summed E-state index contributed by atoms with van der Waals surface area (Å²) in [4.78, 5) is 17.8. The number of carbonyl (C=O) groups is 1. The SMILES string of the molecule is CN(CCOc1ccccc1F)C(=O)c1ccc(-n2cncn2)cc1. The van der Waals surface area contributed by atoms with Crippen molar-refractivity contribution < 1.29 is 13.9 Å². The highest BCUT2D eigenvalue weighted by atomic mass is 19.1. The highest BCUT2D eigenvalue weighted by Crippen LogP contribution is 2.15. The number of amides is 1. The van der Waals surface area contributed by atoms with E-state index in [0.717, 1.165) is 5.69 Å². The van der Waals surface area contributed by atoms with Crippen molar-refractivity contribution in [3.8, 4) is 11.4 Å². The van der Waals surface area contributed by atoms with Crippen molar-refractivity contribution in [1.82, 2.24) is 19.7 Å². The van der Waals surface area contributed by atoms with Crippen molar-refractivity contribution >= 4 is 5.91 Å². The van der Waals surface area contributed by atoms with Gasteiger partial charge in [0.2, 0.25) is 0 Å². The summed E-state index contributed by atoms with van der Waals surface area (Å²) in [6.45, 7) is 0.554. The lowest BCUT2D eigenvalue weighted by molar-refractivity contribution is 0.0773. The Morgan fingerprint density at radius 1 is 1.20 bits per heavy atom. The highest BCUT2D eigenvalue weighted by molar-refractivity contribution is 5.94. The maximum atomic E-state index is 13.5. The van der Waals surface area contributed by atoms with E-state index in [0.29, 0.717) is 12.1 Å². The van der Waals surface area contributed by atoms with E-state index in [9.17, 15) is 9.18 Å². The highest BCUT2D eigenvalue weighted by Gasteiger charge is 2.12. The predicted octanol–water partition coefficient (Wildman–Crippen LogP) is 2.56. The molecule has 128 valence electrons. The van der Waals surface area contributed by atoms with Crippen LogP contribution in [0.4, 0.5) is 4.39 Å². The van der Waals surface area contributed by atoms with Gasteiger partial charge in [0.05, 0.1) is 12.2 Å². The molecule has 7 heteroatoms. The van der Waals surface area contributed by atoms with E-state index < -0.39 is 5.82 Å². The molecular weight excluding hydrogens is 323 g/mol. The van der Waals surface area contributed by atoms with Crippen LogP contribution in [0.5, 0.6) is 5.75 Å². The number of para-hydroxylation sites is 1. The van der Waals surface area contributed by atoms with Crippen LogP contribution in [0.1, 0.15) is 10.4 Å². The minimum absolute atomic E-state index is 0.137. The number of nitrogens with zero attached hydrogens (tertiary/aromatic N) is 4. The molecule has 3 aromatic rings. The number of likely N-dealkylation sites (N-methyl/N-ethyl adjacent to an activating group) is 1. The summed E-state index contributed by atoms with van der Waals surface area (Å²) < 4.78 is 20.5. The van der Waals surface area contributed by atoms with Gasteiger partial charge in [-0.25, -0.2) is 14.1 Å². The van der Waals surface area contributed by atoms with Crippen molar-refractivity contribution in [3.05, 3.63) is 72.6 Å². The smallest absolute Gasteiger partial charge is 0.253 e. The van der Waals surface area contributed by atoms with Crippen LogP contribution in [-0.2, 0) is 0 Å². The van der Waals surface area contributed by atoms with Crippen LogP contribution < -0.4 is 4.74 Å². The summed E-state index contributed by atoms with van der Waals surface area (Å²) in [5.41, 5.74) is 1.37. The third kappa shape index (κ3) is 4.00. The molecule has 0 aliphatic rings. The molecule has 3 rings (SSSR count). The molecule has 0 radical (unpaired) electrons. The van der Waals surface area contributed by atoms with Crippen LogP contribution in [0.2, 0.25) is 0 Å². The minimum Gasteiger partial charge on any atom is -0.489 e. The second-order valence-corrected chi connectivity index (χ2v) is 5.39. The monoisotopic (exact) mass is 340 g/mol. The fourth-order valence-corrected chi connectivity index (χ4v) is 2.27. The molecule has 0 aliphatic carbocycles. The van der Waals surface area contributed by atoms with Gasteiger partial charge in [-0.2, -0.15) is 5.10 Å². The van der Waals surface area contributed by atoms with Crippen LogP contribution in [0.15, 0.2) is 61.2 Å². The summed E-state index contributed by atoms with van der Waals surface area (Å²) in [5.74, 6) is -0.372. The Bertz CT molecular complexity index is 835. The third-order valence-electron chi connectivity index (χ3n) is 3.67. The van der Waals surface area contributed by atoms with Gasteiger partial charge in [-0.15, -0.1) is 0 Å². The first-order valence-electron chi connectivity index (χ1n) is 7.73. The summed E-state index contributed by atoms with van der Waals surface area (Å²) in [6.07, 6.45) is 3.03. The van der Waals surface area contributed by atoms with Crippen LogP contribution in [0.25, 0.3) is 5.69 Å². The molecule has 25 heavy (non-hydrogen) atoms. The lowest BCUT2D eigenvalue weighted by Crippen LogP contribution is -2.30. The molecule has 6 nitrogen and oxygen atoms in total. The zero-order valence-corrected chi connectivity index (χ0v) is 13.7. The molecule has 2 aromatic carbocycles. The number of carbonyl (C=O) groups excluding carboxylic acids is 1. The molecule has 1 aromatic heterocycles. The molecule has 0 fully saturated rings. The molecule has 0 unspecified atom stereocenters. The summed E-state index contributed by atoms with van der Waals surface area (Å²) in [7, 11) is 1.68. The minimum atomic E-state index is -0.417. The van der Waals surface area contributed by atoms with Gasteiger partial charge in [-0.1, -0.05) is 12.1 Å². The fourth-order valence-electron chi connectivity index (χ4n) is 2.27. The quantitative estimate of drug-likeness (QED) is 0.692. The molecule has 0 N–H and O–H groups in total. The number of hydrogen-bond donors (Lipinski definition) is 0. The van der Waals surface area contributed by atoms with Gasteiger partial charge < -0.3 is 9.64 Å². The molecule has 0 atom stereocenters. The molecule has 0 aliphatic heterocycles. The molecule has 0 spiro atoms. The van der Waals surface area contributed by atoms with E-state index in [-0.39, 0.29) is 18.3 Å². The average molecular weight is 340 g/mol. The maximum absolute atomic E-state index is 13.5. The summed E-state index contributed by atoms with van der Waals surface area (Å²) in [6, 6.07) is 13.2. The van der Waals surface area contributed by atoms with Gasteiger partial charge in [0, 0.05) is 12.6 Å². The van der Waals surface area contributed by atoms with E-state index in [4.69, 9.17) is 4.74 Å². The fraction of sp³-hybridized carbons (Fsp3) is 0.167. The molecule has 1 amide bonds. The normalized spacial score (nSPS) is 10.5. The summed E-state index contributed by atoms with van der Waals surface area (Å²) in [5, 5.41) is 4.04. The van der Waals surface area contributed by atoms with Gasteiger partial charge >= 0.3 is 0 Å². The van der Waals surface area contributed by atoms with E-state index in [1.165, 1.54) is 17.3 Å². The number of ether oxygens (including phenoxy) is 1. The van der Waals surface area contributed by atoms with Gasteiger partial charge in [0.1, 0.15) is 19.3 Å². The maximum Gasteiger partial charge on any atom is 0.253 e. The predicted molar refractivity (Wildman–Crippen MR) is 90.2 cm³/mol. The van der Waals surface area contributed by atoms with E-state index >= 15 is 0 Å². The largest absolute Gasteiger partial charge is 0.489 e. The first-order chi connectivity index (χ1) is 12.1. The number of rotatable bonds is 6. The number of hydrogen-bond acceptors (Lipinski definition) is 4. The van der Waals surface area contributed by atoms with Gasteiger partial charge in [0.15, 0.2) is 11.6 Å². The standard InChI is InChI=1S/C18H17FN4O2/c1-22(10-11-25-17-5-3-2-4-16(17)19)18(24)14-6-8-15(9-7-14)23-13-20-12-21-23/h2-9,12-13H,10-11H2,1H3. The topological polar surface area (TPSA) is 60.2 Å². The van der Waals surface area contributed by atoms with Crippen molar-refractivity contribution in [3.63, 3.8) is 0 Å². The number of halogens is 1. The Labute approximate surface area is 144 Å². The molecule has 1 heterocycles. The lowest BCUT2D eigenvalue weighted by Gasteiger charge is -2.18. The van der Waals surface area contributed by atoms with Crippen molar-refractivity contribution in [2.24, 2.45) is 0 Å². The first-order valence-corrected chi connectivity index (χ1v) is 7.73. The zero-order chi connectivity index (χ0) is 17.6. The van der Waals surface area contributed by atoms with Crippen LogP contribution in [0.3, 0.4) is 0 Å². The van der Waals surface area contributed by atoms with E-state index in [1.807, 2.05) is 0 Å². The molecule has 0 bridgehead atoms. The van der Waals surface area contributed by atoms with Crippen molar-refractivity contribution in [2.75, 3.05) is 20.2 Å². The Morgan fingerprint density at radius 2 is 1.96 bits per heavy atom. The Morgan fingerprint density at radius 3 is 2.64 bits per heavy atom. The van der Waals surface area contributed by atoms with Gasteiger partial charge in [-0.05, 0) is 36.4 Å². The Kier molecular flexibility index (Phi) is 5.03. The molecular formula is C18H17FN4O2. The Balaban J connectivity index is 1.56. The molecule has 0 saturated carbocycles. The summed E-state index contributed by atoms with van der Waals surface area (Å²) >= 11 is 0.